The summed E-state index contributed by atoms with van der Waals surface area (Å²) in [6.07, 6.45) is 0.952. The van der Waals surface area contributed by atoms with E-state index in [1.54, 1.807) is 0 Å². The Kier molecular flexibility index (Phi) is 6.68. The molecule has 0 amide bonds. The van der Waals surface area contributed by atoms with E-state index in [2.05, 4.69) is 28.5 Å². The molecule has 0 aliphatic carbocycles. The van der Waals surface area contributed by atoms with Crippen molar-refractivity contribution in [3.8, 4) is 0 Å². The van der Waals surface area contributed by atoms with Gasteiger partial charge in [0.2, 0.25) is 5.13 Å². The number of hydrogen-bond donors (Lipinski definition) is 1. The van der Waals surface area contributed by atoms with E-state index in [-0.39, 0.29) is 0 Å². The van der Waals surface area contributed by atoms with Crippen LogP contribution in [0.25, 0.3) is 0 Å². The average molecular weight is 264 g/mol. The highest BCUT2D eigenvalue weighted by atomic mass is 35.5. The van der Waals surface area contributed by atoms with Gasteiger partial charge in [0.25, 0.3) is 0 Å². The Hall–Kier alpha value is -0.390. The van der Waals surface area contributed by atoms with E-state index in [1.807, 2.05) is 0 Å². The molecule has 1 aromatic rings. The van der Waals surface area contributed by atoms with E-state index in [1.165, 1.54) is 11.5 Å². The highest BCUT2D eigenvalue weighted by Gasteiger charge is 2.06. The summed E-state index contributed by atoms with van der Waals surface area (Å²) >= 11 is 6.90. The molecular weight excluding hydrogens is 246 g/mol. The molecule has 0 bridgehead atoms. The first-order valence-corrected chi connectivity index (χ1v) is 6.76. The van der Waals surface area contributed by atoms with Gasteiger partial charge in [0, 0.05) is 36.5 Å². The molecule has 1 N–H and O–H groups in total. The summed E-state index contributed by atoms with van der Waals surface area (Å²) in [5.74, 6) is 1.85. The lowest BCUT2D eigenvalue weighted by molar-refractivity contribution is 0.149. The van der Waals surface area contributed by atoms with Crippen LogP contribution in [0, 0.1) is 0 Å². The van der Waals surface area contributed by atoms with Crippen LogP contribution in [0.15, 0.2) is 0 Å². The monoisotopic (exact) mass is 263 g/mol. The molecule has 1 rings (SSSR count). The Balaban J connectivity index is 2.12. The normalized spacial score (nSPS) is 11.0. The molecule has 0 radical (unpaired) electrons. The number of alkyl halides is 1. The van der Waals surface area contributed by atoms with E-state index in [0.717, 1.165) is 30.5 Å². The molecule has 0 unspecified atom stereocenters. The Bertz CT molecular complexity index is 293. The highest BCUT2D eigenvalue weighted by molar-refractivity contribution is 7.09. The molecule has 0 aliphatic heterocycles. The number of halogens is 1. The number of anilines is 1. The van der Waals surface area contributed by atoms with Gasteiger partial charge in [-0.25, -0.2) is 4.98 Å². The molecule has 0 spiro atoms. The fraction of sp³-hybridized carbons (Fsp3) is 0.800. The molecule has 16 heavy (non-hydrogen) atoms. The van der Waals surface area contributed by atoms with Crippen LogP contribution in [0.2, 0.25) is 0 Å². The van der Waals surface area contributed by atoms with Crippen molar-refractivity contribution in [2.75, 3.05) is 31.0 Å². The zero-order valence-corrected chi connectivity index (χ0v) is 11.3. The Morgan fingerprint density at radius 2 is 2.25 bits per heavy atom. The smallest absolute Gasteiger partial charge is 0.202 e. The summed E-state index contributed by atoms with van der Waals surface area (Å²) in [5, 5.41) is 4.12. The summed E-state index contributed by atoms with van der Waals surface area (Å²) in [7, 11) is 0. The number of rotatable bonds is 8. The van der Waals surface area contributed by atoms with Crippen LogP contribution in [0.1, 0.15) is 32.0 Å². The number of ether oxygens (including phenoxy) is 1. The quantitative estimate of drug-likeness (QED) is 0.579. The number of nitrogens with one attached hydrogen (secondary N) is 1. The third-order valence-corrected chi connectivity index (χ3v) is 2.76. The summed E-state index contributed by atoms with van der Waals surface area (Å²) in [6.45, 7) is 6.39. The second-order valence-electron chi connectivity index (χ2n) is 3.69. The second kappa shape index (κ2) is 7.81. The SMILES string of the molecule is CC(C)c1nsc(NCCCOCCCl)n1. The van der Waals surface area contributed by atoms with Crippen molar-refractivity contribution < 1.29 is 4.74 Å². The van der Waals surface area contributed by atoms with Gasteiger partial charge in [-0.05, 0) is 6.42 Å². The minimum atomic E-state index is 0.388. The van der Waals surface area contributed by atoms with E-state index in [4.69, 9.17) is 16.3 Å². The minimum Gasteiger partial charge on any atom is -0.380 e. The van der Waals surface area contributed by atoms with Crippen LogP contribution in [0.4, 0.5) is 5.13 Å². The van der Waals surface area contributed by atoms with Gasteiger partial charge < -0.3 is 10.1 Å². The summed E-state index contributed by atoms with van der Waals surface area (Å²) in [6, 6.07) is 0. The van der Waals surface area contributed by atoms with Crippen molar-refractivity contribution >= 4 is 28.3 Å². The Labute approximate surface area is 106 Å². The summed E-state index contributed by atoms with van der Waals surface area (Å²) in [5.41, 5.74) is 0. The lowest BCUT2D eigenvalue weighted by Crippen LogP contribution is -2.06. The second-order valence-corrected chi connectivity index (χ2v) is 4.82. The van der Waals surface area contributed by atoms with Crippen LogP contribution in [-0.2, 0) is 4.74 Å². The van der Waals surface area contributed by atoms with Gasteiger partial charge in [-0.2, -0.15) is 4.37 Å². The molecule has 0 fully saturated rings. The van der Waals surface area contributed by atoms with Gasteiger partial charge in [0.05, 0.1) is 6.61 Å². The van der Waals surface area contributed by atoms with Crippen molar-refractivity contribution in [1.82, 2.24) is 9.36 Å². The van der Waals surface area contributed by atoms with E-state index >= 15 is 0 Å². The lowest BCUT2D eigenvalue weighted by Gasteiger charge is -2.02. The predicted molar refractivity (Wildman–Crippen MR) is 68.6 cm³/mol. The van der Waals surface area contributed by atoms with Crippen molar-refractivity contribution in [3.05, 3.63) is 5.82 Å². The maximum Gasteiger partial charge on any atom is 0.202 e. The van der Waals surface area contributed by atoms with Crippen molar-refractivity contribution in [2.24, 2.45) is 0 Å². The molecule has 0 atom stereocenters. The van der Waals surface area contributed by atoms with Gasteiger partial charge in [0.1, 0.15) is 5.82 Å². The van der Waals surface area contributed by atoms with Crippen LogP contribution >= 0.6 is 23.1 Å². The standard InChI is InChI=1S/C10H18ClN3OS/c1-8(2)9-13-10(16-14-9)12-5-3-6-15-7-4-11/h8H,3-7H2,1-2H3,(H,12,13,14). The van der Waals surface area contributed by atoms with Crippen molar-refractivity contribution in [1.29, 1.82) is 0 Å². The first kappa shape index (κ1) is 13.7. The van der Waals surface area contributed by atoms with E-state index < -0.39 is 0 Å². The lowest BCUT2D eigenvalue weighted by atomic mass is 10.2. The van der Waals surface area contributed by atoms with Crippen LogP contribution in [-0.4, -0.2) is 35.0 Å². The number of aromatic nitrogens is 2. The van der Waals surface area contributed by atoms with Gasteiger partial charge in [-0.3, -0.25) is 0 Å². The average Bonchev–Trinajstić information content (AvgIpc) is 2.72. The molecule has 0 aromatic carbocycles. The van der Waals surface area contributed by atoms with Crippen molar-refractivity contribution in [2.45, 2.75) is 26.2 Å². The van der Waals surface area contributed by atoms with Crippen LogP contribution in [0.3, 0.4) is 0 Å². The fourth-order valence-electron chi connectivity index (χ4n) is 1.07. The van der Waals surface area contributed by atoms with Gasteiger partial charge in [-0.1, -0.05) is 13.8 Å². The summed E-state index contributed by atoms with van der Waals surface area (Å²) in [4.78, 5) is 4.38. The largest absolute Gasteiger partial charge is 0.380 e. The van der Waals surface area contributed by atoms with Crippen LogP contribution in [0.5, 0.6) is 0 Å². The van der Waals surface area contributed by atoms with E-state index in [0.29, 0.717) is 18.4 Å². The molecule has 0 saturated carbocycles. The highest BCUT2D eigenvalue weighted by Crippen LogP contribution is 2.16. The molecule has 1 aromatic heterocycles. The van der Waals surface area contributed by atoms with Gasteiger partial charge >= 0.3 is 0 Å². The number of nitrogens with zero attached hydrogens (tertiary/aromatic N) is 2. The van der Waals surface area contributed by atoms with Crippen LogP contribution < -0.4 is 5.32 Å². The molecule has 6 heteroatoms. The minimum absolute atomic E-state index is 0.388. The molecule has 92 valence electrons. The molecule has 0 aliphatic rings. The molecule has 0 saturated heterocycles. The molecule has 1 heterocycles. The Morgan fingerprint density at radius 3 is 2.88 bits per heavy atom. The maximum absolute atomic E-state index is 5.49. The zero-order valence-electron chi connectivity index (χ0n) is 9.70. The van der Waals surface area contributed by atoms with Gasteiger partial charge in [-0.15, -0.1) is 11.6 Å². The third-order valence-electron chi connectivity index (χ3n) is 1.92. The molecular formula is C10H18ClN3OS. The number of hydrogen-bond acceptors (Lipinski definition) is 5. The van der Waals surface area contributed by atoms with Gasteiger partial charge in [0.15, 0.2) is 0 Å². The predicted octanol–water partition coefficient (Wildman–Crippen LogP) is 2.72. The maximum atomic E-state index is 5.49. The molecule has 4 nitrogen and oxygen atoms in total. The first-order valence-electron chi connectivity index (χ1n) is 5.45. The fourth-order valence-corrected chi connectivity index (χ4v) is 1.91. The Morgan fingerprint density at radius 1 is 1.44 bits per heavy atom. The zero-order chi connectivity index (χ0) is 11.8. The van der Waals surface area contributed by atoms with E-state index in [9.17, 15) is 0 Å². The first-order chi connectivity index (χ1) is 7.74. The topological polar surface area (TPSA) is 47.0 Å². The van der Waals surface area contributed by atoms with Crippen molar-refractivity contribution in [3.63, 3.8) is 0 Å². The summed E-state index contributed by atoms with van der Waals surface area (Å²) < 4.78 is 9.52. The third kappa shape index (κ3) is 5.09.